The van der Waals surface area contributed by atoms with Crippen molar-refractivity contribution in [1.29, 1.82) is 0 Å². The van der Waals surface area contributed by atoms with Crippen molar-refractivity contribution in [3.05, 3.63) is 41.7 Å². The van der Waals surface area contributed by atoms with Crippen LogP contribution >= 0.6 is 0 Å². The third kappa shape index (κ3) is 3.36. The van der Waals surface area contributed by atoms with Crippen LogP contribution in [0.1, 0.15) is 24.3 Å². The number of benzene rings is 1. The predicted molar refractivity (Wildman–Crippen MR) is 76.9 cm³/mol. The zero-order valence-corrected chi connectivity index (χ0v) is 12.1. The standard InChI is InChI=1S/C15H15F2N3O2/c1-8(2)7-22-15(21)13-14(18)19-6-11(20-13)12-9(16)4-3-5-10(12)17/h3-6,8H,7H2,1-2H3,(H2,18,19). The Morgan fingerprint density at radius 3 is 2.55 bits per heavy atom. The fourth-order valence-electron chi connectivity index (χ4n) is 1.72. The van der Waals surface area contributed by atoms with Gasteiger partial charge in [0.15, 0.2) is 11.5 Å². The number of rotatable bonds is 4. The molecule has 2 rings (SSSR count). The van der Waals surface area contributed by atoms with Crippen molar-refractivity contribution >= 4 is 11.8 Å². The zero-order chi connectivity index (χ0) is 16.3. The highest BCUT2D eigenvalue weighted by atomic mass is 19.1. The number of nitrogen functional groups attached to an aromatic ring is 1. The van der Waals surface area contributed by atoms with Gasteiger partial charge in [-0.3, -0.25) is 0 Å². The van der Waals surface area contributed by atoms with Gasteiger partial charge >= 0.3 is 5.97 Å². The molecule has 0 fully saturated rings. The molecular weight excluding hydrogens is 292 g/mol. The quantitative estimate of drug-likeness (QED) is 0.879. The second kappa shape index (κ2) is 6.46. The molecule has 22 heavy (non-hydrogen) atoms. The Labute approximate surface area is 126 Å². The molecule has 1 aromatic carbocycles. The average Bonchev–Trinajstić information content (AvgIpc) is 2.46. The minimum atomic E-state index is -0.805. The monoisotopic (exact) mass is 307 g/mol. The van der Waals surface area contributed by atoms with Crippen molar-refractivity contribution in [3.63, 3.8) is 0 Å². The lowest BCUT2D eigenvalue weighted by Gasteiger charge is -2.10. The molecule has 2 aromatic rings. The Morgan fingerprint density at radius 2 is 1.95 bits per heavy atom. The van der Waals surface area contributed by atoms with E-state index < -0.39 is 17.6 Å². The van der Waals surface area contributed by atoms with Gasteiger partial charge in [0, 0.05) is 0 Å². The number of hydrogen-bond donors (Lipinski definition) is 1. The molecule has 0 aliphatic heterocycles. The van der Waals surface area contributed by atoms with Crippen LogP contribution in [0.3, 0.4) is 0 Å². The number of aromatic nitrogens is 2. The topological polar surface area (TPSA) is 78.1 Å². The Balaban J connectivity index is 2.41. The van der Waals surface area contributed by atoms with Gasteiger partial charge in [-0.2, -0.15) is 0 Å². The second-order valence-corrected chi connectivity index (χ2v) is 5.08. The number of esters is 1. The van der Waals surface area contributed by atoms with Crippen molar-refractivity contribution in [1.82, 2.24) is 9.97 Å². The van der Waals surface area contributed by atoms with Crippen LogP contribution in [0.15, 0.2) is 24.4 Å². The number of halogens is 2. The van der Waals surface area contributed by atoms with E-state index in [9.17, 15) is 13.6 Å². The fourth-order valence-corrected chi connectivity index (χ4v) is 1.72. The van der Waals surface area contributed by atoms with E-state index in [4.69, 9.17) is 10.5 Å². The summed E-state index contributed by atoms with van der Waals surface area (Å²) >= 11 is 0. The van der Waals surface area contributed by atoms with Gasteiger partial charge < -0.3 is 10.5 Å². The lowest BCUT2D eigenvalue weighted by molar-refractivity contribution is 0.0453. The number of hydrogen-bond acceptors (Lipinski definition) is 5. The molecule has 0 amide bonds. The van der Waals surface area contributed by atoms with Gasteiger partial charge in [-0.05, 0) is 18.1 Å². The summed E-state index contributed by atoms with van der Waals surface area (Å²) in [6, 6.07) is 3.41. The fraction of sp³-hybridized carbons (Fsp3) is 0.267. The van der Waals surface area contributed by atoms with Gasteiger partial charge in [0.05, 0.1) is 24.1 Å². The van der Waals surface area contributed by atoms with E-state index in [-0.39, 0.29) is 35.3 Å². The summed E-state index contributed by atoms with van der Waals surface area (Å²) in [6.45, 7) is 3.92. The van der Waals surface area contributed by atoms with Crippen LogP contribution in [0.5, 0.6) is 0 Å². The van der Waals surface area contributed by atoms with Gasteiger partial charge in [-0.15, -0.1) is 0 Å². The first-order chi connectivity index (χ1) is 10.4. The Morgan fingerprint density at radius 1 is 1.32 bits per heavy atom. The van der Waals surface area contributed by atoms with Crippen molar-refractivity contribution in [2.45, 2.75) is 13.8 Å². The van der Waals surface area contributed by atoms with Gasteiger partial charge in [0.2, 0.25) is 0 Å². The maximum atomic E-state index is 13.8. The molecule has 0 spiro atoms. The summed E-state index contributed by atoms with van der Waals surface area (Å²) in [4.78, 5) is 19.6. The van der Waals surface area contributed by atoms with Crippen molar-refractivity contribution in [2.75, 3.05) is 12.3 Å². The van der Waals surface area contributed by atoms with Crippen LogP contribution in [-0.4, -0.2) is 22.5 Å². The number of anilines is 1. The summed E-state index contributed by atoms with van der Waals surface area (Å²) in [5.41, 5.74) is 4.83. The lowest BCUT2D eigenvalue weighted by Crippen LogP contribution is -2.15. The van der Waals surface area contributed by atoms with E-state index in [1.165, 1.54) is 6.07 Å². The molecule has 0 saturated carbocycles. The molecule has 0 unspecified atom stereocenters. The molecule has 2 N–H and O–H groups in total. The molecule has 0 saturated heterocycles. The average molecular weight is 307 g/mol. The minimum Gasteiger partial charge on any atom is -0.461 e. The van der Waals surface area contributed by atoms with Gasteiger partial charge in [0.1, 0.15) is 11.6 Å². The number of nitrogens with zero attached hydrogens (tertiary/aromatic N) is 2. The highest BCUT2D eigenvalue weighted by Crippen LogP contribution is 2.25. The van der Waals surface area contributed by atoms with Crippen LogP contribution in [0, 0.1) is 17.6 Å². The number of carbonyl (C=O) groups is 1. The van der Waals surface area contributed by atoms with Crippen LogP contribution in [0.25, 0.3) is 11.3 Å². The molecular formula is C15H15F2N3O2. The first-order valence-electron chi connectivity index (χ1n) is 6.64. The molecule has 0 bridgehead atoms. The molecule has 0 atom stereocenters. The summed E-state index contributed by atoms with van der Waals surface area (Å²) in [5, 5.41) is 0. The van der Waals surface area contributed by atoms with Crippen LogP contribution in [-0.2, 0) is 4.74 Å². The van der Waals surface area contributed by atoms with Gasteiger partial charge in [-0.25, -0.2) is 23.5 Å². The van der Waals surface area contributed by atoms with Crippen molar-refractivity contribution in [2.24, 2.45) is 5.92 Å². The van der Waals surface area contributed by atoms with Crippen LogP contribution in [0.4, 0.5) is 14.6 Å². The first-order valence-corrected chi connectivity index (χ1v) is 6.64. The smallest absolute Gasteiger partial charge is 0.360 e. The van der Waals surface area contributed by atoms with E-state index in [0.717, 1.165) is 18.3 Å². The van der Waals surface area contributed by atoms with Crippen LogP contribution < -0.4 is 5.73 Å². The Hall–Kier alpha value is -2.57. The minimum absolute atomic E-state index is 0.124. The van der Waals surface area contributed by atoms with Gasteiger partial charge in [-0.1, -0.05) is 19.9 Å². The normalized spacial score (nSPS) is 10.8. The van der Waals surface area contributed by atoms with E-state index in [1.54, 1.807) is 0 Å². The molecule has 5 nitrogen and oxygen atoms in total. The zero-order valence-electron chi connectivity index (χ0n) is 12.1. The maximum absolute atomic E-state index is 13.8. The number of ether oxygens (including phenoxy) is 1. The summed E-state index contributed by atoms with van der Waals surface area (Å²) in [6.07, 6.45) is 1.11. The molecule has 7 heteroatoms. The summed E-state index contributed by atoms with van der Waals surface area (Å²) < 4.78 is 32.5. The molecule has 1 aromatic heterocycles. The van der Waals surface area contributed by atoms with E-state index in [1.807, 2.05) is 13.8 Å². The molecule has 0 radical (unpaired) electrons. The Bertz CT molecular complexity index is 685. The summed E-state index contributed by atoms with van der Waals surface area (Å²) in [7, 11) is 0. The molecule has 0 aliphatic rings. The largest absolute Gasteiger partial charge is 0.461 e. The van der Waals surface area contributed by atoms with E-state index in [0.29, 0.717) is 0 Å². The predicted octanol–water partition coefficient (Wildman–Crippen LogP) is 2.82. The highest BCUT2D eigenvalue weighted by molar-refractivity contribution is 5.92. The third-order valence-electron chi connectivity index (χ3n) is 2.76. The molecule has 116 valence electrons. The number of carbonyl (C=O) groups excluding carboxylic acids is 1. The molecule has 0 aliphatic carbocycles. The lowest BCUT2D eigenvalue weighted by atomic mass is 10.1. The molecule has 1 heterocycles. The van der Waals surface area contributed by atoms with Crippen LogP contribution in [0.2, 0.25) is 0 Å². The summed E-state index contributed by atoms with van der Waals surface area (Å²) in [5.74, 6) is -2.42. The first kappa shape index (κ1) is 15.8. The highest BCUT2D eigenvalue weighted by Gasteiger charge is 2.19. The number of nitrogens with two attached hydrogens (primary N) is 1. The van der Waals surface area contributed by atoms with E-state index >= 15 is 0 Å². The maximum Gasteiger partial charge on any atom is 0.360 e. The van der Waals surface area contributed by atoms with E-state index in [2.05, 4.69) is 9.97 Å². The second-order valence-electron chi connectivity index (χ2n) is 5.08. The Kier molecular flexibility index (Phi) is 4.65. The van der Waals surface area contributed by atoms with Crippen molar-refractivity contribution < 1.29 is 18.3 Å². The SMILES string of the molecule is CC(C)COC(=O)c1nc(-c2c(F)cccc2F)cnc1N. The van der Waals surface area contributed by atoms with Crippen molar-refractivity contribution in [3.8, 4) is 11.3 Å². The van der Waals surface area contributed by atoms with Gasteiger partial charge in [0.25, 0.3) is 0 Å². The third-order valence-corrected chi connectivity index (χ3v) is 2.76.